The first kappa shape index (κ1) is 16.3. The van der Waals surface area contributed by atoms with Gasteiger partial charge in [0, 0.05) is 5.56 Å². The Balaban J connectivity index is 1.84. The molecule has 2 aromatic carbocycles. The molecule has 0 bridgehead atoms. The van der Waals surface area contributed by atoms with Crippen LogP contribution >= 0.6 is 11.8 Å². The van der Waals surface area contributed by atoms with E-state index in [1.165, 1.54) is 30.3 Å². The molecule has 122 valence electrons. The van der Waals surface area contributed by atoms with Crippen LogP contribution in [0.2, 0.25) is 0 Å². The molecule has 2 aromatic rings. The first-order valence-corrected chi connectivity index (χ1v) is 8.05. The van der Waals surface area contributed by atoms with Crippen molar-refractivity contribution < 1.29 is 19.1 Å². The van der Waals surface area contributed by atoms with Gasteiger partial charge in [-0.2, -0.15) is 0 Å². The highest BCUT2D eigenvalue weighted by Gasteiger charge is 2.35. The molecule has 1 N–H and O–H groups in total. The van der Waals surface area contributed by atoms with Crippen molar-refractivity contribution in [2.24, 2.45) is 0 Å². The molecule has 1 heterocycles. The summed E-state index contributed by atoms with van der Waals surface area (Å²) in [6.07, 6.45) is 1.51. The Morgan fingerprint density at radius 2 is 1.88 bits per heavy atom. The summed E-state index contributed by atoms with van der Waals surface area (Å²) in [5.74, 6) is -0.746. The predicted molar refractivity (Wildman–Crippen MR) is 90.8 cm³/mol. The Hall–Kier alpha value is -2.60. The molecule has 0 aromatic heterocycles. The van der Waals surface area contributed by atoms with Crippen molar-refractivity contribution in [2.75, 3.05) is 0 Å². The molecule has 0 aliphatic carbocycles. The Bertz CT molecular complexity index is 846. The van der Waals surface area contributed by atoms with Crippen molar-refractivity contribution >= 4 is 29.0 Å². The Kier molecular flexibility index (Phi) is 4.40. The average Bonchev–Trinajstić information content (AvgIpc) is 2.80. The lowest BCUT2D eigenvalue weighted by Gasteiger charge is -2.12. The molecule has 1 saturated heterocycles. The fourth-order valence-electron chi connectivity index (χ4n) is 2.34. The SMILES string of the molecule is Cc1ccc(O)c(/C=C2\SC(=O)N(Cc3ccc(F)cc3)C2=O)c1. The van der Waals surface area contributed by atoms with E-state index < -0.39 is 5.91 Å². The number of benzene rings is 2. The molecular formula is C18H14FNO3S. The van der Waals surface area contributed by atoms with Gasteiger partial charge in [0.25, 0.3) is 11.1 Å². The van der Waals surface area contributed by atoms with Crippen molar-refractivity contribution in [3.05, 3.63) is 69.9 Å². The highest BCUT2D eigenvalue weighted by molar-refractivity contribution is 8.18. The zero-order valence-corrected chi connectivity index (χ0v) is 13.6. The first-order chi connectivity index (χ1) is 11.4. The molecule has 3 rings (SSSR count). The number of carbonyl (C=O) groups is 2. The van der Waals surface area contributed by atoms with Gasteiger partial charge in [0.15, 0.2) is 0 Å². The van der Waals surface area contributed by atoms with Crippen molar-refractivity contribution in [3.63, 3.8) is 0 Å². The number of imide groups is 1. The van der Waals surface area contributed by atoms with E-state index in [1.807, 2.05) is 6.92 Å². The Morgan fingerprint density at radius 3 is 2.58 bits per heavy atom. The van der Waals surface area contributed by atoms with Gasteiger partial charge in [-0.15, -0.1) is 0 Å². The number of nitrogens with zero attached hydrogens (tertiary/aromatic N) is 1. The van der Waals surface area contributed by atoms with Crippen LogP contribution in [0.15, 0.2) is 47.4 Å². The number of hydrogen-bond donors (Lipinski definition) is 1. The average molecular weight is 343 g/mol. The van der Waals surface area contributed by atoms with E-state index in [1.54, 1.807) is 18.2 Å². The Labute approximate surface area is 142 Å². The lowest BCUT2D eigenvalue weighted by Crippen LogP contribution is -2.27. The highest BCUT2D eigenvalue weighted by Crippen LogP contribution is 2.34. The number of rotatable bonds is 3. The third kappa shape index (κ3) is 3.33. The van der Waals surface area contributed by atoms with Crippen LogP contribution in [0, 0.1) is 12.7 Å². The molecule has 0 saturated carbocycles. The van der Waals surface area contributed by atoms with Gasteiger partial charge < -0.3 is 5.11 Å². The summed E-state index contributed by atoms with van der Waals surface area (Å²) in [4.78, 5) is 25.9. The third-order valence-electron chi connectivity index (χ3n) is 3.60. The number of thioether (sulfide) groups is 1. The van der Waals surface area contributed by atoms with Crippen LogP contribution < -0.4 is 0 Å². The normalized spacial score (nSPS) is 16.2. The van der Waals surface area contributed by atoms with Crippen LogP contribution in [0.5, 0.6) is 5.75 Å². The number of phenolic OH excluding ortho intramolecular Hbond substituents is 1. The minimum Gasteiger partial charge on any atom is -0.507 e. The number of amides is 2. The monoisotopic (exact) mass is 343 g/mol. The summed E-state index contributed by atoms with van der Waals surface area (Å²) >= 11 is 0.827. The number of carbonyl (C=O) groups excluding carboxylic acids is 2. The molecule has 1 aliphatic rings. The number of aryl methyl sites for hydroxylation is 1. The minimum atomic E-state index is -0.421. The first-order valence-electron chi connectivity index (χ1n) is 7.23. The fourth-order valence-corrected chi connectivity index (χ4v) is 3.17. The van der Waals surface area contributed by atoms with Gasteiger partial charge in [-0.3, -0.25) is 14.5 Å². The molecule has 1 aliphatic heterocycles. The van der Waals surface area contributed by atoms with Gasteiger partial charge in [0.1, 0.15) is 11.6 Å². The molecule has 1 fully saturated rings. The molecule has 24 heavy (non-hydrogen) atoms. The van der Waals surface area contributed by atoms with E-state index in [2.05, 4.69) is 0 Å². The van der Waals surface area contributed by atoms with Crippen molar-refractivity contribution in [1.29, 1.82) is 0 Å². The zero-order chi connectivity index (χ0) is 17.3. The molecule has 0 atom stereocenters. The molecule has 2 amide bonds. The number of hydrogen-bond acceptors (Lipinski definition) is 4. The standard InChI is InChI=1S/C18H14FNO3S/c1-11-2-7-15(21)13(8-11)9-16-17(22)20(18(23)24-16)10-12-3-5-14(19)6-4-12/h2-9,21H,10H2,1H3/b16-9-. The van der Waals surface area contributed by atoms with Crippen LogP contribution in [0.25, 0.3) is 6.08 Å². The number of halogens is 1. The largest absolute Gasteiger partial charge is 0.507 e. The minimum absolute atomic E-state index is 0.0472. The van der Waals surface area contributed by atoms with Crippen LogP contribution in [0.3, 0.4) is 0 Å². The second kappa shape index (κ2) is 6.49. The van der Waals surface area contributed by atoms with Crippen molar-refractivity contribution in [2.45, 2.75) is 13.5 Å². The maximum Gasteiger partial charge on any atom is 0.293 e. The summed E-state index contributed by atoms with van der Waals surface area (Å²) in [5, 5.41) is 9.49. The molecule has 0 spiro atoms. The van der Waals surface area contributed by atoms with Gasteiger partial charge >= 0.3 is 0 Å². The quantitative estimate of drug-likeness (QED) is 0.853. The summed E-state index contributed by atoms with van der Waals surface area (Å²) in [7, 11) is 0. The molecule has 0 unspecified atom stereocenters. The van der Waals surface area contributed by atoms with Crippen LogP contribution in [-0.4, -0.2) is 21.2 Å². The number of aromatic hydroxyl groups is 1. The van der Waals surface area contributed by atoms with E-state index in [-0.39, 0.29) is 28.3 Å². The van der Waals surface area contributed by atoms with Crippen molar-refractivity contribution in [3.8, 4) is 5.75 Å². The lowest BCUT2D eigenvalue weighted by atomic mass is 10.1. The van der Waals surface area contributed by atoms with Crippen LogP contribution in [0.1, 0.15) is 16.7 Å². The maximum atomic E-state index is 12.9. The van der Waals surface area contributed by atoms with Gasteiger partial charge in [0.2, 0.25) is 0 Å². The van der Waals surface area contributed by atoms with E-state index in [9.17, 15) is 19.1 Å². The second-order valence-corrected chi connectivity index (χ2v) is 6.45. The summed E-state index contributed by atoms with van der Waals surface area (Å²) in [6, 6.07) is 10.7. The summed E-state index contributed by atoms with van der Waals surface area (Å²) in [5.41, 5.74) is 2.09. The predicted octanol–water partition coefficient (Wildman–Crippen LogP) is 4.08. The highest BCUT2D eigenvalue weighted by atomic mass is 32.2. The van der Waals surface area contributed by atoms with Crippen LogP contribution in [-0.2, 0) is 11.3 Å². The molecular weight excluding hydrogens is 329 g/mol. The topological polar surface area (TPSA) is 57.6 Å². The molecule has 0 radical (unpaired) electrons. The smallest absolute Gasteiger partial charge is 0.293 e. The van der Waals surface area contributed by atoms with Gasteiger partial charge in [-0.25, -0.2) is 4.39 Å². The van der Waals surface area contributed by atoms with Crippen LogP contribution in [0.4, 0.5) is 9.18 Å². The second-order valence-electron chi connectivity index (χ2n) is 5.46. The summed E-state index contributed by atoms with van der Waals surface area (Å²) in [6.45, 7) is 1.96. The summed E-state index contributed by atoms with van der Waals surface area (Å²) < 4.78 is 12.9. The zero-order valence-electron chi connectivity index (χ0n) is 12.8. The van der Waals surface area contributed by atoms with Gasteiger partial charge in [-0.1, -0.05) is 23.8 Å². The lowest BCUT2D eigenvalue weighted by molar-refractivity contribution is -0.123. The van der Waals surface area contributed by atoms with E-state index in [4.69, 9.17) is 0 Å². The number of phenols is 1. The van der Waals surface area contributed by atoms with Gasteiger partial charge in [-0.05, 0) is 54.6 Å². The van der Waals surface area contributed by atoms with E-state index in [0.29, 0.717) is 11.1 Å². The maximum absolute atomic E-state index is 12.9. The molecule has 4 nitrogen and oxygen atoms in total. The Morgan fingerprint density at radius 1 is 1.17 bits per heavy atom. The van der Waals surface area contributed by atoms with Crippen molar-refractivity contribution in [1.82, 2.24) is 4.90 Å². The van der Waals surface area contributed by atoms with E-state index in [0.717, 1.165) is 22.2 Å². The molecule has 6 heteroatoms. The fraction of sp³-hybridized carbons (Fsp3) is 0.111. The third-order valence-corrected chi connectivity index (χ3v) is 4.50. The van der Waals surface area contributed by atoms with Gasteiger partial charge in [0.05, 0.1) is 11.4 Å². The van der Waals surface area contributed by atoms with E-state index >= 15 is 0 Å².